The van der Waals surface area contributed by atoms with E-state index in [1.165, 1.54) is 4.70 Å². The molecule has 0 spiro atoms. The van der Waals surface area contributed by atoms with Crippen LogP contribution in [0.3, 0.4) is 0 Å². The molecule has 0 saturated heterocycles. The van der Waals surface area contributed by atoms with Gasteiger partial charge in [0.05, 0.1) is 15.8 Å². The molecule has 3 nitrogen and oxygen atoms in total. The number of nitrogens with zero attached hydrogens (tertiary/aromatic N) is 1. The van der Waals surface area contributed by atoms with Crippen molar-refractivity contribution < 1.29 is 4.74 Å². The molecule has 2 N–H and O–H groups in total. The third kappa shape index (κ3) is 2.91. The second-order valence-corrected chi connectivity index (χ2v) is 5.90. The molecule has 3 aromatic rings. The fourth-order valence-corrected chi connectivity index (χ4v) is 3.21. The van der Waals surface area contributed by atoms with Crippen molar-refractivity contribution in [3.63, 3.8) is 0 Å². The van der Waals surface area contributed by atoms with Crippen molar-refractivity contribution in [2.45, 2.75) is 19.4 Å². The summed E-state index contributed by atoms with van der Waals surface area (Å²) in [6, 6.07) is 16.2. The fourth-order valence-electron chi connectivity index (χ4n) is 2.21. The summed E-state index contributed by atoms with van der Waals surface area (Å²) in [6.45, 7) is 2.60. The van der Waals surface area contributed by atoms with Gasteiger partial charge in [-0.3, -0.25) is 0 Å². The van der Waals surface area contributed by atoms with Gasteiger partial charge in [-0.15, -0.1) is 11.3 Å². The second kappa shape index (κ2) is 6.24. The molecule has 1 atom stereocenters. The molecule has 0 aliphatic rings. The number of ether oxygens (including phenoxy) is 1. The number of nitrogens with two attached hydrogens (primary N) is 1. The van der Waals surface area contributed by atoms with Crippen LogP contribution in [-0.4, -0.2) is 17.6 Å². The van der Waals surface area contributed by atoms with Crippen LogP contribution >= 0.6 is 11.3 Å². The van der Waals surface area contributed by atoms with Gasteiger partial charge in [0.2, 0.25) is 0 Å². The predicted octanol–water partition coefficient (Wildman–Crippen LogP) is 4.08. The summed E-state index contributed by atoms with van der Waals surface area (Å²) in [7, 11) is 0. The van der Waals surface area contributed by atoms with E-state index in [4.69, 9.17) is 15.5 Å². The molecular formula is C17H18N2OS. The second-order valence-electron chi connectivity index (χ2n) is 4.87. The summed E-state index contributed by atoms with van der Waals surface area (Å²) in [4.78, 5) is 4.71. The van der Waals surface area contributed by atoms with E-state index in [0.717, 1.165) is 28.3 Å². The first-order chi connectivity index (χ1) is 10.3. The van der Waals surface area contributed by atoms with E-state index in [1.54, 1.807) is 11.3 Å². The van der Waals surface area contributed by atoms with Gasteiger partial charge in [-0.1, -0.05) is 31.2 Å². The van der Waals surface area contributed by atoms with Crippen molar-refractivity contribution in [1.29, 1.82) is 0 Å². The third-order valence-corrected chi connectivity index (χ3v) is 4.49. The van der Waals surface area contributed by atoms with Crippen molar-refractivity contribution in [3.8, 4) is 16.3 Å². The highest BCUT2D eigenvalue weighted by atomic mass is 32.1. The summed E-state index contributed by atoms with van der Waals surface area (Å²) >= 11 is 1.68. The largest absolute Gasteiger partial charge is 0.488 e. The van der Waals surface area contributed by atoms with Gasteiger partial charge < -0.3 is 10.5 Å². The average molecular weight is 298 g/mol. The van der Waals surface area contributed by atoms with Crippen molar-refractivity contribution in [2.75, 3.05) is 6.54 Å². The summed E-state index contributed by atoms with van der Waals surface area (Å²) < 4.78 is 7.22. The van der Waals surface area contributed by atoms with Crippen LogP contribution in [0.1, 0.15) is 13.3 Å². The van der Waals surface area contributed by atoms with Crippen LogP contribution < -0.4 is 10.5 Å². The van der Waals surface area contributed by atoms with Crippen molar-refractivity contribution >= 4 is 21.6 Å². The summed E-state index contributed by atoms with van der Waals surface area (Å²) in [6.07, 6.45) is 0.936. The molecule has 0 aliphatic carbocycles. The van der Waals surface area contributed by atoms with Crippen LogP contribution in [0.25, 0.3) is 20.8 Å². The minimum atomic E-state index is 0.0422. The molecule has 1 unspecified atom stereocenters. The Kier molecular flexibility index (Phi) is 4.18. The van der Waals surface area contributed by atoms with Crippen LogP contribution in [0.5, 0.6) is 5.75 Å². The van der Waals surface area contributed by atoms with E-state index in [0.29, 0.717) is 6.54 Å². The molecule has 0 aliphatic heterocycles. The Morgan fingerprint density at radius 3 is 2.67 bits per heavy atom. The van der Waals surface area contributed by atoms with Gasteiger partial charge in [0.25, 0.3) is 0 Å². The van der Waals surface area contributed by atoms with Crippen LogP contribution in [0.4, 0.5) is 0 Å². The van der Waals surface area contributed by atoms with E-state index in [-0.39, 0.29) is 6.10 Å². The zero-order valence-electron chi connectivity index (χ0n) is 12.0. The van der Waals surface area contributed by atoms with E-state index in [2.05, 4.69) is 19.1 Å². The minimum Gasteiger partial charge on any atom is -0.488 e. The third-order valence-electron chi connectivity index (χ3n) is 3.42. The molecular weight excluding hydrogens is 280 g/mol. The van der Waals surface area contributed by atoms with E-state index in [9.17, 15) is 0 Å². The Hall–Kier alpha value is -1.91. The maximum Gasteiger partial charge on any atom is 0.130 e. The smallest absolute Gasteiger partial charge is 0.130 e. The van der Waals surface area contributed by atoms with E-state index >= 15 is 0 Å². The number of benzene rings is 2. The molecule has 0 amide bonds. The first-order valence-corrected chi connectivity index (χ1v) is 7.95. The Morgan fingerprint density at radius 2 is 1.90 bits per heavy atom. The molecule has 0 fully saturated rings. The van der Waals surface area contributed by atoms with Crippen LogP contribution in [0, 0.1) is 0 Å². The topological polar surface area (TPSA) is 48.1 Å². The summed E-state index contributed by atoms with van der Waals surface area (Å²) in [5.41, 5.74) is 7.80. The van der Waals surface area contributed by atoms with Gasteiger partial charge in [0.1, 0.15) is 16.9 Å². The summed E-state index contributed by atoms with van der Waals surface area (Å²) in [5, 5.41) is 0.985. The molecule has 0 radical (unpaired) electrons. The molecule has 1 aromatic heterocycles. The quantitative estimate of drug-likeness (QED) is 0.772. The standard InChI is InChI=1S/C17H18N2OS/c1-2-12(11-18)20-15-9-5-3-7-13(15)17-19-14-8-4-6-10-16(14)21-17/h3-10,12H,2,11,18H2,1H3. The number of thiazole rings is 1. The average Bonchev–Trinajstić information content (AvgIpc) is 2.96. The van der Waals surface area contributed by atoms with Crippen molar-refractivity contribution in [1.82, 2.24) is 4.98 Å². The lowest BCUT2D eigenvalue weighted by Crippen LogP contribution is -2.25. The van der Waals surface area contributed by atoms with E-state index < -0.39 is 0 Å². The fraction of sp³-hybridized carbons (Fsp3) is 0.235. The minimum absolute atomic E-state index is 0.0422. The van der Waals surface area contributed by atoms with Gasteiger partial charge in [0.15, 0.2) is 0 Å². The highest BCUT2D eigenvalue weighted by Gasteiger charge is 2.13. The SMILES string of the molecule is CCC(CN)Oc1ccccc1-c1nc2ccccc2s1. The zero-order chi connectivity index (χ0) is 14.7. The highest BCUT2D eigenvalue weighted by molar-refractivity contribution is 7.21. The lowest BCUT2D eigenvalue weighted by Gasteiger charge is -2.17. The molecule has 0 bridgehead atoms. The van der Waals surface area contributed by atoms with E-state index in [1.807, 2.05) is 36.4 Å². The molecule has 1 heterocycles. The molecule has 3 rings (SSSR count). The van der Waals surface area contributed by atoms with Crippen LogP contribution in [0.2, 0.25) is 0 Å². The molecule has 4 heteroatoms. The molecule has 2 aromatic carbocycles. The highest BCUT2D eigenvalue weighted by Crippen LogP contribution is 2.35. The van der Waals surface area contributed by atoms with Gasteiger partial charge >= 0.3 is 0 Å². The lowest BCUT2D eigenvalue weighted by atomic mass is 10.2. The van der Waals surface area contributed by atoms with Crippen molar-refractivity contribution in [2.24, 2.45) is 5.73 Å². The normalized spacial score (nSPS) is 12.5. The Bertz CT molecular complexity index is 701. The Balaban J connectivity index is 2.01. The van der Waals surface area contributed by atoms with Gasteiger partial charge in [0, 0.05) is 6.54 Å². The monoisotopic (exact) mass is 298 g/mol. The molecule has 0 saturated carbocycles. The Labute approximate surface area is 128 Å². The lowest BCUT2D eigenvalue weighted by molar-refractivity contribution is 0.206. The van der Waals surface area contributed by atoms with Crippen LogP contribution in [0.15, 0.2) is 48.5 Å². The van der Waals surface area contributed by atoms with Gasteiger partial charge in [-0.05, 0) is 30.7 Å². The maximum atomic E-state index is 6.04. The first kappa shape index (κ1) is 14.0. The van der Waals surface area contributed by atoms with Crippen LogP contribution in [-0.2, 0) is 0 Å². The number of hydrogen-bond donors (Lipinski definition) is 1. The summed E-state index contributed by atoms with van der Waals surface area (Å²) in [5.74, 6) is 0.855. The van der Waals surface area contributed by atoms with Crippen molar-refractivity contribution in [3.05, 3.63) is 48.5 Å². The van der Waals surface area contributed by atoms with Gasteiger partial charge in [-0.2, -0.15) is 0 Å². The first-order valence-electron chi connectivity index (χ1n) is 7.13. The molecule has 21 heavy (non-hydrogen) atoms. The zero-order valence-corrected chi connectivity index (χ0v) is 12.8. The number of rotatable bonds is 5. The number of hydrogen-bond acceptors (Lipinski definition) is 4. The number of para-hydroxylation sites is 2. The molecule has 108 valence electrons. The number of aromatic nitrogens is 1. The predicted molar refractivity (Wildman–Crippen MR) is 88.8 cm³/mol. The number of fused-ring (bicyclic) bond motifs is 1. The maximum absolute atomic E-state index is 6.04. The van der Waals surface area contributed by atoms with Gasteiger partial charge in [-0.25, -0.2) is 4.98 Å². The Morgan fingerprint density at radius 1 is 1.14 bits per heavy atom.